The maximum atomic E-state index is 11.0. The monoisotopic (exact) mass is 272 g/mol. The van der Waals surface area contributed by atoms with Crippen molar-refractivity contribution >= 4 is 22.6 Å². The number of carbonyl (C=O) groups is 1. The maximum Gasteiger partial charge on any atom is 0.308 e. The molecule has 0 aliphatic rings. The zero-order chi connectivity index (χ0) is 14.9. The number of hydrogen-bond donors (Lipinski definition) is 1. The van der Waals surface area contributed by atoms with Gasteiger partial charge in [-0.15, -0.1) is 0 Å². The molecule has 2 aromatic rings. The smallest absolute Gasteiger partial charge is 0.308 e. The predicted octanol–water partition coefficient (Wildman–Crippen LogP) is 3.01. The van der Waals surface area contributed by atoms with Gasteiger partial charge < -0.3 is 10.0 Å². The number of para-hydroxylation sites is 1. The van der Waals surface area contributed by atoms with Gasteiger partial charge in [0.15, 0.2) is 0 Å². The number of aliphatic carboxylic acids is 1. The molecule has 0 amide bonds. The van der Waals surface area contributed by atoms with E-state index < -0.39 is 11.9 Å². The van der Waals surface area contributed by atoms with Crippen molar-refractivity contribution in [2.24, 2.45) is 5.92 Å². The zero-order valence-electron chi connectivity index (χ0n) is 12.3. The molecule has 4 nitrogen and oxygen atoms in total. The molecule has 0 saturated heterocycles. The Morgan fingerprint density at radius 1 is 1.35 bits per heavy atom. The third kappa shape index (κ3) is 2.59. The van der Waals surface area contributed by atoms with Gasteiger partial charge in [0.2, 0.25) is 0 Å². The number of carboxylic acid groups (broad SMARTS) is 1. The maximum absolute atomic E-state index is 11.0. The lowest BCUT2D eigenvalue weighted by atomic mass is 10.0. The summed E-state index contributed by atoms with van der Waals surface area (Å²) in [6, 6.07) is 6.09. The minimum absolute atomic E-state index is 0.410. The van der Waals surface area contributed by atoms with Crippen LogP contribution in [0.15, 0.2) is 24.4 Å². The van der Waals surface area contributed by atoms with Crippen LogP contribution in [0.5, 0.6) is 0 Å². The summed E-state index contributed by atoms with van der Waals surface area (Å²) in [5.41, 5.74) is 4.22. The number of aryl methyl sites for hydroxylation is 2. The number of anilines is 1. The lowest BCUT2D eigenvalue weighted by Crippen LogP contribution is -2.29. The molecule has 1 atom stereocenters. The standard InChI is InChI=1S/C16H20N2O2/c1-10-6-5-7-13-14(10)17-8-11(2)15(13)18(4)9-12(3)16(19)20/h5-8,12H,9H2,1-4H3,(H,19,20). The van der Waals surface area contributed by atoms with E-state index >= 15 is 0 Å². The van der Waals surface area contributed by atoms with Crippen molar-refractivity contribution in [3.63, 3.8) is 0 Å². The van der Waals surface area contributed by atoms with Gasteiger partial charge in [0.05, 0.1) is 17.1 Å². The first-order valence-corrected chi connectivity index (χ1v) is 6.70. The van der Waals surface area contributed by atoms with Gasteiger partial charge in [0.1, 0.15) is 0 Å². The summed E-state index contributed by atoms with van der Waals surface area (Å²) < 4.78 is 0. The topological polar surface area (TPSA) is 53.4 Å². The summed E-state index contributed by atoms with van der Waals surface area (Å²) in [6.45, 7) is 6.24. The third-order valence-corrected chi connectivity index (χ3v) is 3.60. The van der Waals surface area contributed by atoms with Crippen LogP contribution in [-0.4, -0.2) is 29.7 Å². The fraction of sp³-hybridized carbons (Fsp3) is 0.375. The highest BCUT2D eigenvalue weighted by molar-refractivity contribution is 5.95. The number of benzene rings is 1. The molecular weight excluding hydrogens is 252 g/mol. The van der Waals surface area contributed by atoms with Crippen LogP contribution in [0, 0.1) is 19.8 Å². The summed E-state index contributed by atoms with van der Waals surface area (Å²) in [5.74, 6) is -1.18. The summed E-state index contributed by atoms with van der Waals surface area (Å²) in [6.07, 6.45) is 1.85. The molecule has 1 heterocycles. The van der Waals surface area contributed by atoms with Crippen LogP contribution in [0.3, 0.4) is 0 Å². The van der Waals surface area contributed by atoms with E-state index in [1.807, 2.05) is 50.2 Å². The molecule has 0 aliphatic heterocycles. The summed E-state index contributed by atoms with van der Waals surface area (Å²) >= 11 is 0. The van der Waals surface area contributed by atoms with E-state index in [2.05, 4.69) is 4.98 Å². The number of aromatic nitrogens is 1. The molecule has 106 valence electrons. The van der Waals surface area contributed by atoms with Crippen molar-refractivity contribution in [2.45, 2.75) is 20.8 Å². The van der Waals surface area contributed by atoms with Gasteiger partial charge in [0.25, 0.3) is 0 Å². The van der Waals surface area contributed by atoms with Crippen molar-refractivity contribution < 1.29 is 9.90 Å². The van der Waals surface area contributed by atoms with Crippen LogP contribution in [-0.2, 0) is 4.79 Å². The Balaban J connectivity index is 2.50. The molecular formula is C16H20N2O2. The van der Waals surface area contributed by atoms with Gasteiger partial charge in [-0.2, -0.15) is 0 Å². The lowest BCUT2D eigenvalue weighted by molar-refractivity contribution is -0.140. The Morgan fingerprint density at radius 2 is 2.05 bits per heavy atom. The van der Waals surface area contributed by atoms with E-state index in [9.17, 15) is 4.79 Å². The van der Waals surface area contributed by atoms with Crippen molar-refractivity contribution in [3.8, 4) is 0 Å². The Bertz CT molecular complexity index is 652. The van der Waals surface area contributed by atoms with Crippen LogP contribution < -0.4 is 4.90 Å². The molecule has 1 N–H and O–H groups in total. The molecule has 2 rings (SSSR count). The van der Waals surface area contributed by atoms with Crippen LogP contribution in [0.4, 0.5) is 5.69 Å². The van der Waals surface area contributed by atoms with Crippen molar-refractivity contribution in [1.82, 2.24) is 4.98 Å². The Morgan fingerprint density at radius 3 is 2.70 bits per heavy atom. The molecule has 0 saturated carbocycles. The normalized spacial score (nSPS) is 12.4. The number of hydrogen-bond acceptors (Lipinski definition) is 3. The summed E-state index contributed by atoms with van der Waals surface area (Å²) in [4.78, 5) is 17.5. The van der Waals surface area contributed by atoms with Crippen LogP contribution in [0.2, 0.25) is 0 Å². The number of carboxylic acids is 1. The van der Waals surface area contributed by atoms with E-state index in [4.69, 9.17) is 5.11 Å². The van der Waals surface area contributed by atoms with Crippen LogP contribution >= 0.6 is 0 Å². The molecule has 0 aliphatic carbocycles. The summed E-state index contributed by atoms with van der Waals surface area (Å²) in [5, 5.41) is 10.1. The molecule has 1 unspecified atom stereocenters. The van der Waals surface area contributed by atoms with Crippen molar-refractivity contribution in [1.29, 1.82) is 0 Å². The Labute approximate surface area is 119 Å². The number of fused-ring (bicyclic) bond motifs is 1. The van der Waals surface area contributed by atoms with Gasteiger partial charge in [-0.1, -0.05) is 25.1 Å². The van der Waals surface area contributed by atoms with Gasteiger partial charge in [0, 0.05) is 25.2 Å². The molecule has 0 fully saturated rings. The second kappa shape index (κ2) is 5.49. The molecule has 20 heavy (non-hydrogen) atoms. The Hall–Kier alpha value is -2.10. The van der Waals surface area contributed by atoms with Gasteiger partial charge >= 0.3 is 5.97 Å². The number of nitrogens with zero attached hydrogens (tertiary/aromatic N) is 2. The minimum Gasteiger partial charge on any atom is -0.481 e. The largest absolute Gasteiger partial charge is 0.481 e. The first-order chi connectivity index (χ1) is 9.41. The van der Waals surface area contributed by atoms with Crippen molar-refractivity contribution in [2.75, 3.05) is 18.5 Å². The second-order valence-electron chi connectivity index (χ2n) is 5.38. The van der Waals surface area contributed by atoms with Crippen LogP contribution in [0.25, 0.3) is 10.9 Å². The Kier molecular flexibility index (Phi) is 3.93. The summed E-state index contributed by atoms with van der Waals surface area (Å²) in [7, 11) is 1.93. The van der Waals surface area contributed by atoms with Gasteiger partial charge in [-0.05, 0) is 25.0 Å². The molecule has 0 bridgehead atoms. The fourth-order valence-corrected chi connectivity index (χ4v) is 2.54. The molecule has 0 spiro atoms. The quantitative estimate of drug-likeness (QED) is 0.929. The molecule has 1 aromatic heterocycles. The highest BCUT2D eigenvalue weighted by atomic mass is 16.4. The van der Waals surface area contributed by atoms with E-state index in [1.54, 1.807) is 6.92 Å². The molecule has 4 heteroatoms. The average Bonchev–Trinajstić information content (AvgIpc) is 2.38. The second-order valence-corrected chi connectivity index (χ2v) is 5.38. The van der Waals surface area contributed by atoms with E-state index in [-0.39, 0.29) is 0 Å². The molecule has 0 radical (unpaired) electrons. The van der Waals surface area contributed by atoms with Gasteiger partial charge in [-0.25, -0.2) is 0 Å². The van der Waals surface area contributed by atoms with Crippen molar-refractivity contribution in [3.05, 3.63) is 35.5 Å². The third-order valence-electron chi connectivity index (χ3n) is 3.60. The minimum atomic E-state index is -0.774. The SMILES string of the molecule is Cc1cnc2c(C)cccc2c1N(C)CC(C)C(=O)O. The zero-order valence-corrected chi connectivity index (χ0v) is 12.3. The van der Waals surface area contributed by atoms with E-state index in [0.717, 1.165) is 27.7 Å². The van der Waals surface area contributed by atoms with E-state index in [0.29, 0.717) is 6.54 Å². The van der Waals surface area contributed by atoms with Crippen LogP contribution in [0.1, 0.15) is 18.1 Å². The highest BCUT2D eigenvalue weighted by Crippen LogP contribution is 2.30. The lowest BCUT2D eigenvalue weighted by Gasteiger charge is -2.25. The highest BCUT2D eigenvalue weighted by Gasteiger charge is 2.17. The average molecular weight is 272 g/mol. The number of rotatable bonds is 4. The van der Waals surface area contributed by atoms with E-state index in [1.165, 1.54) is 0 Å². The predicted molar refractivity (Wildman–Crippen MR) is 81.3 cm³/mol. The molecule has 1 aromatic carbocycles. The van der Waals surface area contributed by atoms with Gasteiger partial charge in [-0.3, -0.25) is 9.78 Å². The number of pyridine rings is 1. The first-order valence-electron chi connectivity index (χ1n) is 6.70. The first kappa shape index (κ1) is 14.3. The fourth-order valence-electron chi connectivity index (χ4n) is 2.54.